The van der Waals surface area contributed by atoms with Crippen molar-refractivity contribution in [2.24, 2.45) is 0 Å². The fraction of sp³-hybridized carbons (Fsp3) is 0.368. The average Bonchev–Trinajstić information content (AvgIpc) is 2.92. The van der Waals surface area contributed by atoms with Gasteiger partial charge in [0.25, 0.3) is 0 Å². The van der Waals surface area contributed by atoms with Crippen LogP contribution in [0.3, 0.4) is 0 Å². The molecule has 126 valence electrons. The lowest BCUT2D eigenvalue weighted by atomic mass is 10.00. The number of rotatable bonds is 4. The van der Waals surface area contributed by atoms with Crippen molar-refractivity contribution in [3.8, 4) is 5.75 Å². The van der Waals surface area contributed by atoms with Gasteiger partial charge in [0.1, 0.15) is 5.75 Å². The molecule has 0 amide bonds. The topological polar surface area (TPSA) is 57.5 Å². The summed E-state index contributed by atoms with van der Waals surface area (Å²) in [5.74, 6) is -0.0929. The first kappa shape index (κ1) is 16.3. The zero-order valence-electron chi connectivity index (χ0n) is 14.0. The molecule has 0 saturated heterocycles. The molecule has 1 atom stereocenters. The second-order valence-corrected chi connectivity index (χ2v) is 5.90. The van der Waals surface area contributed by atoms with E-state index in [4.69, 9.17) is 9.47 Å². The number of hydrogen-bond acceptors (Lipinski definition) is 4. The second kappa shape index (κ2) is 6.91. The quantitative estimate of drug-likeness (QED) is 0.639. The zero-order chi connectivity index (χ0) is 17.1. The molecule has 24 heavy (non-hydrogen) atoms. The van der Waals surface area contributed by atoms with Crippen molar-refractivity contribution in [2.75, 3.05) is 14.2 Å². The monoisotopic (exact) mass is 327 g/mol. The van der Waals surface area contributed by atoms with Crippen LogP contribution in [0, 0.1) is 0 Å². The van der Waals surface area contributed by atoms with Crippen molar-refractivity contribution in [3.05, 3.63) is 53.3 Å². The van der Waals surface area contributed by atoms with E-state index in [1.54, 1.807) is 25.3 Å². The van der Waals surface area contributed by atoms with Gasteiger partial charge in [-0.25, -0.2) is 0 Å². The molecular weight excluding hydrogens is 306 g/mol. The molecule has 0 fully saturated rings. The van der Waals surface area contributed by atoms with Crippen LogP contribution in [0.4, 0.5) is 0 Å². The molecule has 2 aromatic rings. The number of carbonyl (C=O) groups is 2. The summed E-state index contributed by atoms with van der Waals surface area (Å²) in [5, 5.41) is 0. The predicted octanol–water partition coefficient (Wildman–Crippen LogP) is 3.17. The summed E-state index contributed by atoms with van der Waals surface area (Å²) in [5.41, 5.74) is 1.97. The zero-order valence-corrected chi connectivity index (χ0v) is 14.0. The van der Waals surface area contributed by atoms with Crippen LogP contribution in [-0.2, 0) is 16.1 Å². The molecule has 1 aliphatic rings. The molecule has 1 aliphatic heterocycles. The highest BCUT2D eigenvalue weighted by atomic mass is 16.5. The van der Waals surface area contributed by atoms with Crippen molar-refractivity contribution >= 4 is 11.8 Å². The van der Waals surface area contributed by atoms with Gasteiger partial charge in [-0.1, -0.05) is 18.6 Å². The van der Waals surface area contributed by atoms with Crippen molar-refractivity contribution in [3.63, 3.8) is 0 Å². The van der Waals surface area contributed by atoms with E-state index in [1.807, 2.05) is 22.8 Å². The number of methoxy groups -OCH3 is 2. The Bertz CT molecular complexity index is 762. The third-order valence-corrected chi connectivity index (χ3v) is 4.57. The SMILES string of the molecule is COC(=O)C1CCCCn2c(C(=O)c3ccccc3OC)ccc21. The van der Waals surface area contributed by atoms with E-state index in [9.17, 15) is 9.59 Å². The van der Waals surface area contributed by atoms with E-state index in [2.05, 4.69) is 0 Å². The highest BCUT2D eigenvalue weighted by Crippen LogP contribution is 2.31. The normalized spacial score (nSPS) is 16.8. The van der Waals surface area contributed by atoms with Crippen LogP contribution in [0.1, 0.15) is 46.9 Å². The van der Waals surface area contributed by atoms with Gasteiger partial charge in [-0.05, 0) is 37.1 Å². The van der Waals surface area contributed by atoms with Crippen molar-refractivity contribution < 1.29 is 19.1 Å². The lowest BCUT2D eigenvalue weighted by Gasteiger charge is -2.15. The Morgan fingerprint density at radius 3 is 2.62 bits per heavy atom. The molecular formula is C19H21NO4. The number of fused-ring (bicyclic) bond motifs is 1. The Balaban J connectivity index is 2.03. The molecule has 1 unspecified atom stereocenters. The fourth-order valence-corrected chi connectivity index (χ4v) is 3.35. The number of benzene rings is 1. The van der Waals surface area contributed by atoms with Gasteiger partial charge in [0.05, 0.1) is 31.4 Å². The number of esters is 1. The molecule has 0 aliphatic carbocycles. The van der Waals surface area contributed by atoms with Crippen LogP contribution in [0.15, 0.2) is 36.4 Å². The maximum absolute atomic E-state index is 13.0. The van der Waals surface area contributed by atoms with E-state index >= 15 is 0 Å². The lowest BCUT2D eigenvalue weighted by molar-refractivity contribution is -0.142. The molecule has 5 heteroatoms. The Morgan fingerprint density at radius 2 is 1.88 bits per heavy atom. The minimum absolute atomic E-state index is 0.0933. The van der Waals surface area contributed by atoms with Crippen LogP contribution >= 0.6 is 0 Å². The highest BCUT2D eigenvalue weighted by Gasteiger charge is 2.29. The van der Waals surface area contributed by atoms with Crippen molar-refractivity contribution in [1.82, 2.24) is 4.57 Å². The largest absolute Gasteiger partial charge is 0.496 e. The van der Waals surface area contributed by atoms with Gasteiger partial charge in [-0.3, -0.25) is 9.59 Å². The van der Waals surface area contributed by atoms with Crippen molar-refractivity contribution in [1.29, 1.82) is 0 Å². The number of hydrogen-bond donors (Lipinski definition) is 0. The smallest absolute Gasteiger partial charge is 0.314 e. The summed E-state index contributed by atoms with van der Waals surface area (Å²) in [4.78, 5) is 25.1. The number of ether oxygens (including phenoxy) is 2. The molecule has 0 bridgehead atoms. The van der Waals surface area contributed by atoms with Crippen molar-refractivity contribution in [2.45, 2.75) is 31.7 Å². The van der Waals surface area contributed by atoms with E-state index in [0.717, 1.165) is 31.5 Å². The van der Waals surface area contributed by atoms with Crippen LogP contribution in [0.25, 0.3) is 0 Å². The van der Waals surface area contributed by atoms with E-state index in [-0.39, 0.29) is 17.7 Å². The van der Waals surface area contributed by atoms with Gasteiger partial charge in [-0.2, -0.15) is 0 Å². The number of para-hydroxylation sites is 1. The predicted molar refractivity (Wildman–Crippen MR) is 89.5 cm³/mol. The lowest BCUT2D eigenvalue weighted by Crippen LogP contribution is -2.18. The van der Waals surface area contributed by atoms with Gasteiger partial charge < -0.3 is 14.0 Å². The summed E-state index contributed by atoms with van der Waals surface area (Å²) < 4.78 is 12.2. The third-order valence-electron chi connectivity index (χ3n) is 4.57. The molecule has 0 radical (unpaired) electrons. The summed E-state index contributed by atoms with van der Waals surface area (Å²) in [6.07, 6.45) is 2.62. The van der Waals surface area contributed by atoms with Gasteiger partial charge in [0.15, 0.2) is 0 Å². The number of nitrogens with zero attached hydrogens (tertiary/aromatic N) is 1. The van der Waals surface area contributed by atoms with Crippen LogP contribution in [0.2, 0.25) is 0 Å². The van der Waals surface area contributed by atoms with Gasteiger partial charge in [-0.15, -0.1) is 0 Å². The van der Waals surface area contributed by atoms with Gasteiger partial charge in [0.2, 0.25) is 5.78 Å². The standard InChI is InChI=1S/C19H21NO4/c1-23-17-9-4-3-8-14(17)18(21)16-11-10-15-13(19(22)24-2)7-5-6-12-20(15)16/h3-4,8-11,13H,5-7,12H2,1-2H3. The fourth-order valence-electron chi connectivity index (χ4n) is 3.35. The summed E-state index contributed by atoms with van der Waals surface area (Å²) in [7, 11) is 2.96. The molecule has 0 N–H and O–H groups in total. The maximum Gasteiger partial charge on any atom is 0.314 e. The Labute approximate surface area is 141 Å². The first-order valence-corrected chi connectivity index (χ1v) is 8.12. The summed E-state index contributed by atoms with van der Waals surface area (Å²) in [6.45, 7) is 0.728. The Hall–Kier alpha value is -2.56. The van der Waals surface area contributed by atoms with Gasteiger partial charge in [0, 0.05) is 12.2 Å². The van der Waals surface area contributed by atoms with Gasteiger partial charge >= 0.3 is 5.97 Å². The number of aromatic nitrogens is 1. The maximum atomic E-state index is 13.0. The third kappa shape index (κ3) is 2.82. The Morgan fingerprint density at radius 1 is 1.08 bits per heavy atom. The molecule has 1 aromatic carbocycles. The average molecular weight is 327 g/mol. The minimum atomic E-state index is -0.309. The van der Waals surface area contributed by atoms with Crippen LogP contribution < -0.4 is 4.74 Å². The first-order valence-electron chi connectivity index (χ1n) is 8.12. The summed E-state index contributed by atoms with van der Waals surface area (Å²) in [6, 6.07) is 10.9. The Kier molecular flexibility index (Phi) is 4.69. The number of carbonyl (C=O) groups excluding carboxylic acids is 2. The molecule has 0 spiro atoms. The summed E-state index contributed by atoms with van der Waals surface area (Å²) >= 11 is 0. The van der Waals surface area contributed by atoms with Crippen LogP contribution in [-0.4, -0.2) is 30.5 Å². The van der Waals surface area contributed by atoms with E-state index in [1.165, 1.54) is 7.11 Å². The van der Waals surface area contributed by atoms with E-state index < -0.39 is 0 Å². The molecule has 1 aromatic heterocycles. The second-order valence-electron chi connectivity index (χ2n) is 5.90. The highest BCUT2D eigenvalue weighted by molar-refractivity contribution is 6.10. The molecule has 3 rings (SSSR count). The molecule has 5 nitrogen and oxygen atoms in total. The first-order chi connectivity index (χ1) is 11.7. The van der Waals surface area contributed by atoms with E-state index in [0.29, 0.717) is 17.0 Å². The molecule has 0 saturated carbocycles. The number of ketones is 1. The minimum Gasteiger partial charge on any atom is -0.496 e. The molecule has 2 heterocycles. The van der Waals surface area contributed by atoms with Crippen LogP contribution in [0.5, 0.6) is 5.75 Å².